The number of aliphatic hydroxyl groups excluding tert-OH is 1. The van der Waals surface area contributed by atoms with Gasteiger partial charge in [0, 0.05) is 10.9 Å². The van der Waals surface area contributed by atoms with Crippen molar-refractivity contribution < 1.29 is 5.11 Å². The first-order chi connectivity index (χ1) is 9.86. The van der Waals surface area contributed by atoms with E-state index in [2.05, 4.69) is 20.2 Å². The monoisotopic (exact) mass is 264 g/mol. The largest absolute Gasteiger partial charge is 0.392 e. The number of aliphatic hydroxyl groups is 1. The molecule has 5 nitrogen and oxygen atoms in total. The molecule has 0 amide bonds. The van der Waals surface area contributed by atoms with Crippen LogP contribution in [0, 0.1) is 0 Å². The third-order valence-corrected chi connectivity index (χ3v) is 3.46. The van der Waals surface area contributed by atoms with Gasteiger partial charge in [0.15, 0.2) is 5.82 Å². The highest BCUT2D eigenvalue weighted by Gasteiger charge is 2.13. The number of fused-ring (bicyclic) bond motifs is 2. The predicted octanol–water partition coefficient (Wildman–Crippen LogP) is 2.60. The molecule has 0 unspecified atom stereocenters. The Morgan fingerprint density at radius 3 is 2.75 bits per heavy atom. The molecule has 20 heavy (non-hydrogen) atoms. The first kappa shape index (κ1) is 11.2. The molecule has 0 saturated carbocycles. The Hall–Kier alpha value is -2.66. The van der Waals surface area contributed by atoms with Crippen LogP contribution in [0.25, 0.3) is 33.5 Å². The molecule has 4 rings (SSSR count). The number of hydrogen-bond acceptors (Lipinski definition) is 3. The lowest BCUT2D eigenvalue weighted by molar-refractivity contribution is 0.283. The van der Waals surface area contributed by atoms with Crippen LogP contribution < -0.4 is 0 Å². The maximum Gasteiger partial charge on any atom is 0.159 e. The number of rotatable bonds is 2. The van der Waals surface area contributed by atoms with E-state index in [9.17, 15) is 5.11 Å². The van der Waals surface area contributed by atoms with Crippen LogP contribution in [-0.4, -0.2) is 25.3 Å². The van der Waals surface area contributed by atoms with Gasteiger partial charge in [-0.15, -0.1) is 0 Å². The van der Waals surface area contributed by atoms with Crippen molar-refractivity contribution in [1.82, 2.24) is 20.2 Å². The van der Waals surface area contributed by atoms with E-state index in [4.69, 9.17) is 0 Å². The number of nitrogens with zero attached hydrogens (tertiary/aromatic N) is 2. The number of para-hydroxylation sites is 2. The van der Waals surface area contributed by atoms with E-state index in [0.717, 1.165) is 33.2 Å². The molecule has 98 valence electrons. The molecule has 2 heterocycles. The first-order valence-electron chi connectivity index (χ1n) is 6.39. The second-order valence-corrected chi connectivity index (χ2v) is 4.67. The second-order valence-electron chi connectivity index (χ2n) is 4.67. The summed E-state index contributed by atoms with van der Waals surface area (Å²) in [6, 6.07) is 13.6. The van der Waals surface area contributed by atoms with Gasteiger partial charge in [-0.05, 0) is 12.1 Å². The van der Waals surface area contributed by atoms with Gasteiger partial charge < -0.3 is 10.1 Å². The molecule has 3 N–H and O–H groups in total. The summed E-state index contributed by atoms with van der Waals surface area (Å²) in [7, 11) is 0. The molecule has 0 radical (unpaired) electrons. The van der Waals surface area contributed by atoms with Gasteiger partial charge in [0.2, 0.25) is 0 Å². The number of H-pyrrole nitrogens is 2. The Bertz CT molecular complexity index is 906. The maximum absolute atomic E-state index is 9.37. The van der Waals surface area contributed by atoms with Crippen molar-refractivity contribution in [2.45, 2.75) is 6.61 Å². The SMILES string of the molecule is OCc1cccc2[nH]c(-c3n[nH]c4ccccc34)nc12. The minimum Gasteiger partial charge on any atom is -0.392 e. The summed E-state index contributed by atoms with van der Waals surface area (Å²) < 4.78 is 0. The summed E-state index contributed by atoms with van der Waals surface area (Å²) in [6.45, 7) is -0.0249. The zero-order chi connectivity index (χ0) is 13.5. The van der Waals surface area contributed by atoms with Gasteiger partial charge in [-0.3, -0.25) is 5.10 Å². The highest BCUT2D eigenvalue weighted by atomic mass is 16.3. The first-order valence-corrected chi connectivity index (χ1v) is 6.39. The molecule has 5 heteroatoms. The standard InChI is InChI=1S/C15H12N4O/c20-8-9-4-3-7-12-13(9)17-15(16-12)14-10-5-1-2-6-11(10)18-19-14/h1-7,20H,8H2,(H,16,17)(H,18,19). The van der Waals surface area contributed by atoms with Crippen LogP contribution in [0.4, 0.5) is 0 Å². The third-order valence-electron chi connectivity index (χ3n) is 3.46. The van der Waals surface area contributed by atoms with Gasteiger partial charge in [0.1, 0.15) is 5.69 Å². The number of benzene rings is 2. The van der Waals surface area contributed by atoms with Gasteiger partial charge in [-0.2, -0.15) is 5.10 Å². The normalized spacial score (nSPS) is 11.4. The van der Waals surface area contributed by atoms with Gasteiger partial charge in [0.05, 0.1) is 23.2 Å². The van der Waals surface area contributed by atoms with Crippen LogP contribution in [0.3, 0.4) is 0 Å². The topological polar surface area (TPSA) is 77.6 Å². The van der Waals surface area contributed by atoms with Crippen molar-refractivity contribution in [3.8, 4) is 11.5 Å². The number of imidazole rings is 1. The third kappa shape index (κ3) is 1.53. The van der Waals surface area contributed by atoms with E-state index in [1.807, 2.05) is 42.5 Å². The molecule has 0 aliphatic carbocycles. The van der Waals surface area contributed by atoms with Crippen molar-refractivity contribution >= 4 is 21.9 Å². The second kappa shape index (κ2) is 4.18. The highest BCUT2D eigenvalue weighted by molar-refractivity contribution is 5.93. The molecular weight excluding hydrogens is 252 g/mol. The Morgan fingerprint density at radius 2 is 1.85 bits per heavy atom. The molecule has 0 saturated heterocycles. The van der Waals surface area contributed by atoms with Crippen molar-refractivity contribution in [2.75, 3.05) is 0 Å². The van der Waals surface area contributed by atoms with Gasteiger partial charge in [0.25, 0.3) is 0 Å². The van der Waals surface area contributed by atoms with E-state index in [1.54, 1.807) is 0 Å². The fourth-order valence-electron chi connectivity index (χ4n) is 2.48. The highest BCUT2D eigenvalue weighted by Crippen LogP contribution is 2.26. The lowest BCUT2D eigenvalue weighted by Crippen LogP contribution is -1.84. The smallest absolute Gasteiger partial charge is 0.159 e. The Morgan fingerprint density at radius 1 is 1.00 bits per heavy atom. The molecule has 0 bridgehead atoms. The summed E-state index contributed by atoms with van der Waals surface area (Å²) in [4.78, 5) is 7.84. The number of aromatic nitrogens is 4. The van der Waals surface area contributed by atoms with Gasteiger partial charge >= 0.3 is 0 Å². The Labute approximate surface area is 114 Å². The number of aromatic amines is 2. The molecule has 0 atom stereocenters. The van der Waals surface area contributed by atoms with Gasteiger partial charge in [-0.1, -0.05) is 30.3 Å². The molecule has 2 aromatic heterocycles. The lowest BCUT2D eigenvalue weighted by atomic mass is 10.2. The number of hydrogen-bond donors (Lipinski definition) is 3. The van der Waals surface area contributed by atoms with E-state index in [1.165, 1.54) is 0 Å². The zero-order valence-electron chi connectivity index (χ0n) is 10.6. The molecule has 4 aromatic rings. The quantitative estimate of drug-likeness (QED) is 0.520. The molecule has 0 spiro atoms. The van der Waals surface area contributed by atoms with Gasteiger partial charge in [-0.25, -0.2) is 4.98 Å². The van der Waals surface area contributed by atoms with Crippen molar-refractivity contribution in [2.24, 2.45) is 0 Å². The average Bonchev–Trinajstić information content (AvgIpc) is 3.10. The summed E-state index contributed by atoms with van der Waals surface area (Å²) >= 11 is 0. The minimum atomic E-state index is -0.0249. The van der Waals surface area contributed by atoms with Crippen LogP contribution in [0.15, 0.2) is 42.5 Å². The van der Waals surface area contributed by atoms with Crippen molar-refractivity contribution in [1.29, 1.82) is 0 Å². The van der Waals surface area contributed by atoms with E-state index in [0.29, 0.717) is 5.82 Å². The molecule has 0 aliphatic heterocycles. The molecule has 2 aromatic carbocycles. The van der Waals surface area contributed by atoms with Crippen LogP contribution in [0.1, 0.15) is 5.56 Å². The fraction of sp³-hybridized carbons (Fsp3) is 0.0667. The van der Waals surface area contributed by atoms with Crippen molar-refractivity contribution in [3.63, 3.8) is 0 Å². The van der Waals surface area contributed by atoms with Crippen LogP contribution >= 0.6 is 0 Å². The summed E-state index contributed by atoms with van der Waals surface area (Å²) in [5, 5.41) is 17.7. The maximum atomic E-state index is 9.37. The van der Waals surface area contributed by atoms with Crippen LogP contribution in [0.2, 0.25) is 0 Å². The summed E-state index contributed by atoms with van der Waals surface area (Å²) in [6.07, 6.45) is 0. The minimum absolute atomic E-state index is 0.0249. The van der Waals surface area contributed by atoms with E-state index in [-0.39, 0.29) is 6.61 Å². The predicted molar refractivity (Wildman–Crippen MR) is 77.1 cm³/mol. The summed E-state index contributed by atoms with van der Waals surface area (Å²) in [5.74, 6) is 0.707. The fourth-order valence-corrected chi connectivity index (χ4v) is 2.48. The molecular formula is C15H12N4O. The Kier molecular flexibility index (Phi) is 2.34. The van der Waals surface area contributed by atoms with Crippen LogP contribution in [-0.2, 0) is 6.61 Å². The van der Waals surface area contributed by atoms with Crippen LogP contribution in [0.5, 0.6) is 0 Å². The van der Waals surface area contributed by atoms with E-state index >= 15 is 0 Å². The molecule has 0 fully saturated rings. The number of nitrogens with one attached hydrogen (secondary N) is 2. The average molecular weight is 264 g/mol. The Balaban J connectivity index is 1.98. The van der Waals surface area contributed by atoms with E-state index < -0.39 is 0 Å². The van der Waals surface area contributed by atoms with Crippen molar-refractivity contribution in [3.05, 3.63) is 48.0 Å². The lowest BCUT2D eigenvalue weighted by Gasteiger charge is -1.94. The zero-order valence-corrected chi connectivity index (χ0v) is 10.6. The molecule has 0 aliphatic rings. The summed E-state index contributed by atoms with van der Waals surface area (Å²) in [5.41, 5.74) is 4.27.